The van der Waals surface area contributed by atoms with E-state index in [4.69, 9.17) is 9.47 Å². The van der Waals surface area contributed by atoms with Crippen LogP contribution < -0.4 is 0 Å². The first-order valence-electron chi connectivity index (χ1n) is 18.9. The average Bonchev–Trinajstić information content (AvgIpc) is 3.08. The fourth-order valence-electron chi connectivity index (χ4n) is 6.53. The van der Waals surface area contributed by atoms with E-state index in [9.17, 15) is 60.7 Å². The Morgan fingerprint density at radius 3 is 1.76 bits per heavy atom. The van der Waals surface area contributed by atoms with Gasteiger partial charge in [0.25, 0.3) is 0 Å². The summed E-state index contributed by atoms with van der Waals surface area (Å²) in [4.78, 5) is 24.5. The smallest absolute Gasteiger partial charge is 0.311 e. The topological polar surface area (TPSA) is 255 Å². The van der Waals surface area contributed by atoms with Crippen LogP contribution in [0.15, 0.2) is 85.1 Å². The molecule has 1 fully saturated rings. The van der Waals surface area contributed by atoms with Gasteiger partial charge in [-0.05, 0) is 26.2 Å². The van der Waals surface area contributed by atoms with E-state index >= 15 is 0 Å². The van der Waals surface area contributed by atoms with Crippen molar-refractivity contribution in [2.45, 2.75) is 139 Å². The summed E-state index contributed by atoms with van der Waals surface area (Å²) in [6.45, 7) is 5.24. The number of carbonyl (C=O) groups is 2. The van der Waals surface area contributed by atoms with Gasteiger partial charge in [0.1, 0.15) is 12.0 Å². The third kappa shape index (κ3) is 18.0. The predicted molar refractivity (Wildman–Crippen MR) is 204 cm³/mol. The van der Waals surface area contributed by atoms with Crippen LogP contribution in [-0.2, 0) is 19.1 Å². The maximum absolute atomic E-state index is 12.5. The molecule has 0 spiro atoms. The number of fused-ring (bicyclic) bond motifs is 2. The van der Waals surface area contributed by atoms with Gasteiger partial charge in [-0.3, -0.25) is 9.59 Å². The Morgan fingerprint density at radius 2 is 1.20 bits per heavy atom. The first-order chi connectivity index (χ1) is 25.9. The van der Waals surface area contributed by atoms with Crippen LogP contribution in [0.4, 0.5) is 0 Å². The van der Waals surface area contributed by atoms with E-state index in [0.29, 0.717) is 0 Å². The lowest BCUT2D eigenvalue weighted by molar-refractivity contribution is -0.300. The van der Waals surface area contributed by atoms with Crippen molar-refractivity contribution in [2.24, 2.45) is 17.8 Å². The molecule has 14 nitrogen and oxygen atoms in total. The summed E-state index contributed by atoms with van der Waals surface area (Å²) in [5, 5.41) is 105. The molecule has 14 heteroatoms. The zero-order valence-electron chi connectivity index (χ0n) is 31.9. The van der Waals surface area contributed by atoms with Gasteiger partial charge in [-0.2, -0.15) is 0 Å². The van der Waals surface area contributed by atoms with E-state index in [0.717, 1.165) is 0 Å². The van der Waals surface area contributed by atoms with Gasteiger partial charge < -0.3 is 60.5 Å². The second-order valence-electron chi connectivity index (χ2n) is 14.7. The molecule has 0 radical (unpaired) electrons. The van der Waals surface area contributed by atoms with Crippen molar-refractivity contribution in [3.05, 3.63) is 85.1 Å². The summed E-state index contributed by atoms with van der Waals surface area (Å²) in [6, 6.07) is 0. The van der Waals surface area contributed by atoms with E-state index in [1.54, 1.807) is 56.4 Å². The zero-order chi connectivity index (χ0) is 41.1. The summed E-state index contributed by atoms with van der Waals surface area (Å²) in [5.41, 5.74) is 0. The Balaban J connectivity index is 2.18. The van der Waals surface area contributed by atoms with Gasteiger partial charge >= 0.3 is 11.9 Å². The Hall–Kier alpha value is -3.28. The fourth-order valence-corrected chi connectivity index (χ4v) is 6.53. The van der Waals surface area contributed by atoms with Crippen molar-refractivity contribution in [1.29, 1.82) is 0 Å². The van der Waals surface area contributed by atoms with Gasteiger partial charge in [0.05, 0.1) is 61.4 Å². The number of esters is 1. The number of hydrogen-bond donors (Lipinski definition) is 10. The van der Waals surface area contributed by atoms with Crippen molar-refractivity contribution >= 4 is 11.9 Å². The van der Waals surface area contributed by atoms with E-state index in [1.165, 1.54) is 6.08 Å². The highest BCUT2D eigenvalue weighted by molar-refractivity contribution is 5.71. The summed E-state index contributed by atoms with van der Waals surface area (Å²) < 4.78 is 11.1. The third-order valence-electron chi connectivity index (χ3n) is 9.83. The van der Waals surface area contributed by atoms with E-state index in [-0.39, 0.29) is 31.6 Å². The minimum absolute atomic E-state index is 0.0747. The Morgan fingerprint density at radius 1 is 0.655 bits per heavy atom. The van der Waals surface area contributed by atoms with Crippen LogP contribution in [0.3, 0.4) is 0 Å². The van der Waals surface area contributed by atoms with Crippen molar-refractivity contribution in [3.63, 3.8) is 0 Å². The summed E-state index contributed by atoms with van der Waals surface area (Å²) in [5.74, 6) is -6.50. The van der Waals surface area contributed by atoms with E-state index in [2.05, 4.69) is 0 Å². The number of rotatable bonds is 1. The lowest BCUT2D eigenvalue weighted by Gasteiger charge is -2.44. The van der Waals surface area contributed by atoms with Crippen LogP contribution in [0.1, 0.15) is 72.1 Å². The van der Waals surface area contributed by atoms with E-state index in [1.807, 2.05) is 43.4 Å². The Labute approximate surface area is 323 Å². The summed E-state index contributed by atoms with van der Waals surface area (Å²) in [6.07, 6.45) is 9.09. The number of carboxylic acids is 1. The van der Waals surface area contributed by atoms with Crippen LogP contribution in [-0.4, -0.2) is 130 Å². The van der Waals surface area contributed by atoms with Crippen LogP contribution >= 0.6 is 0 Å². The molecule has 0 aromatic rings. The molecule has 2 aliphatic rings. The van der Waals surface area contributed by atoms with Gasteiger partial charge in [-0.1, -0.05) is 98.9 Å². The van der Waals surface area contributed by atoms with E-state index < -0.39 is 116 Å². The number of cyclic esters (lactones) is 1. The lowest BCUT2D eigenvalue weighted by atomic mass is 9.82. The molecular formula is C41H62O14. The van der Waals surface area contributed by atoms with Crippen LogP contribution in [0.5, 0.6) is 0 Å². The summed E-state index contributed by atoms with van der Waals surface area (Å²) >= 11 is 0. The van der Waals surface area contributed by atoms with Crippen LogP contribution in [0.2, 0.25) is 0 Å². The molecule has 0 unspecified atom stereocenters. The molecule has 1 saturated heterocycles. The first-order valence-corrected chi connectivity index (χ1v) is 18.9. The number of ether oxygens (including phenoxy) is 2. The molecule has 2 aliphatic heterocycles. The van der Waals surface area contributed by atoms with Gasteiger partial charge in [-0.15, -0.1) is 0 Å². The molecule has 0 saturated carbocycles. The van der Waals surface area contributed by atoms with Crippen LogP contribution in [0, 0.1) is 17.8 Å². The monoisotopic (exact) mass is 778 g/mol. The molecule has 2 bridgehead atoms. The average molecular weight is 779 g/mol. The maximum Gasteiger partial charge on any atom is 0.311 e. The highest BCUT2D eigenvalue weighted by atomic mass is 16.6. The predicted octanol–water partition coefficient (Wildman–Crippen LogP) is 1.89. The van der Waals surface area contributed by atoms with Crippen LogP contribution in [0.25, 0.3) is 0 Å². The largest absolute Gasteiger partial charge is 0.481 e. The van der Waals surface area contributed by atoms with Gasteiger partial charge in [-0.25, -0.2) is 0 Å². The molecule has 0 aromatic carbocycles. The normalized spacial score (nSPS) is 43.1. The number of carboxylic acid groups (broad SMARTS) is 1. The number of carbonyl (C=O) groups excluding carboxylic acids is 1. The number of allylic oxidation sites excluding steroid dienone is 12. The lowest BCUT2D eigenvalue weighted by Crippen LogP contribution is -2.56. The second-order valence-corrected chi connectivity index (χ2v) is 14.7. The van der Waals surface area contributed by atoms with Gasteiger partial charge in [0, 0.05) is 37.5 Å². The fraction of sp³-hybridized carbons (Fsp3) is 0.610. The highest BCUT2D eigenvalue weighted by Crippen LogP contribution is 2.37. The van der Waals surface area contributed by atoms with Crippen molar-refractivity contribution in [2.75, 3.05) is 0 Å². The third-order valence-corrected chi connectivity index (χ3v) is 9.83. The quantitative estimate of drug-likeness (QED) is 0.171. The number of hydrogen-bond acceptors (Lipinski definition) is 13. The molecule has 2 rings (SSSR count). The minimum atomic E-state index is -2.22. The number of aliphatic hydroxyl groups excluding tert-OH is 8. The first kappa shape index (κ1) is 47.9. The molecule has 0 aliphatic carbocycles. The molecule has 0 amide bonds. The molecule has 14 atom stereocenters. The maximum atomic E-state index is 12.5. The van der Waals surface area contributed by atoms with Gasteiger partial charge in [0.2, 0.25) is 0 Å². The molecule has 2 heterocycles. The van der Waals surface area contributed by atoms with Crippen molar-refractivity contribution < 1.29 is 70.1 Å². The Kier molecular flexibility index (Phi) is 21.2. The second kappa shape index (κ2) is 24.4. The number of aliphatic hydroxyl groups is 9. The molecule has 55 heavy (non-hydrogen) atoms. The van der Waals surface area contributed by atoms with Crippen molar-refractivity contribution in [3.8, 4) is 0 Å². The molecule has 310 valence electrons. The SMILES string of the molecule is C[C@@H]1[C@H](O)[C@@H](C)/C=C/C=C/C=C/C=C/C=C/C=C/C=C/[C@H](O)C[C@@H]2O[C@](O)(C[C@@H](O)C[C@@H](O)[C@H](O)CC[C@@H](O)C[C@@H](O)CC(=O)O[C@H]1C)C[C@H](O)[C@H]2C(=O)O. The summed E-state index contributed by atoms with van der Waals surface area (Å²) in [7, 11) is 0. The minimum Gasteiger partial charge on any atom is -0.481 e. The Bertz CT molecular complexity index is 1370. The number of aliphatic carboxylic acids is 1. The van der Waals surface area contributed by atoms with Gasteiger partial charge in [0.15, 0.2) is 5.79 Å². The zero-order valence-corrected chi connectivity index (χ0v) is 31.9. The standard InChI is InChI=1S/C41H62O14/c1-26-16-14-12-10-8-6-4-5-7-9-11-13-15-17-29(42)22-36-38(40(51)52)35(48)25-41(53,55-36)24-32(45)21-34(47)33(46)19-18-30(43)20-31(44)23-37(49)54-28(3)27(2)39(26)50/h4-17,26-36,38-39,42-48,50,53H,18-25H2,1-3H3,(H,51,52)/b5-4+,8-6+,9-7+,12-10+,13-11+,16-14+,17-15+/t26-,27-,28-,29-,30+,31+,32-,33+,34+,35-,36-,38+,39+,41+/m0/s1. The highest BCUT2D eigenvalue weighted by Gasteiger charge is 2.50. The molecule has 0 aromatic heterocycles. The molecule has 10 N–H and O–H groups in total. The van der Waals surface area contributed by atoms with Crippen molar-refractivity contribution in [1.82, 2.24) is 0 Å². The molecular weight excluding hydrogens is 716 g/mol.